The summed E-state index contributed by atoms with van der Waals surface area (Å²) in [5.74, 6) is 0. The molecule has 0 spiro atoms. The van der Waals surface area contributed by atoms with Crippen molar-refractivity contribution in [2.24, 2.45) is 0 Å². The first kappa shape index (κ1) is 15.9. The second-order valence-electron chi connectivity index (χ2n) is 4.80. The molecule has 0 saturated carbocycles. The van der Waals surface area contributed by atoms with Gasteiger partial charge in [-0.25, -0.2) is 0 Å². The number of hydrogen-bond donors (Lipinski definition) is 1. The molecule has 5 nitrogen and oxygen atoms in total. The summed E-state index contributed by atoms with van der Waals surface area (Å²) in [7, 11) is -3.40. The highest BCUT2D eigenvalue weighted by Gasteiger charge is 2.35. The molecule has 0 aromatic carbocycles. The zero-order chi connectivity index (χ0) is 13.6. The summed E-state index contributed by atoms with van der Waals surface area (Å²) in [6.07, 6.45) is 4.51. The summed E-state index contributed by atoms with van der Waals surface area (Å²) in [5, 5.41) is 9.33. The minimum absolute atomic E-state index is 0.0788. The van der Waals surface area contributed by atoms with Gasteiger partial charge in [0.2, 0.25) is 0 Å². The van der Waals surface area contributed by atoms with Crippen LogP contribution in [-0.2, 0) is 10.2 Å². The maximum absolute atomic E-state index is 12.5. The first-order valence-electron chi connectivity index (χ1n) is 6.95. The smallest absolute Gasteiger partial charge is 0.282 e. The third kappa shape index (κ3) is 3.66. The van der Waals surface area contributed by atoms with Crippen molar-refractivity contribution in [2.45, 2.75) is 52.0 Å². The van der Waals surface area contributed by atoms with Crippen LogP contribution in [0.15, 0.2) is 0 Å². The fraction of sp³-hybridized carbons (Fsp3) is 1.00. The molecule has 0 aromatic heterocycles. The molecule has 1 aliphatic rings. The van der Waals surface area contributed by atoms with E-state index in [1.54, 1.807) is 0 Å². The van der Waals surface area contributed by atoms with Crippen LogP contribution in [0.4, 0.5) is 0 Å². The van der Waals surface area contributed by atoms with Crippen LogP contribution in [0.3, 0.4) is 0 Å². The molecule has 1 unspecified atom stereocenters. The lowest BCUT2D eigenvalue weighted by atomic mass is 10.1. The maximum Gasteiger partial charge on any atom is 0.282 e. The van der Waals surface area contributed by atoms with Crippen molar-refractivity contribution >= 4 is 10.2 Å². The molecule has 1 N–H and O–H groups in total. The minimum Gasteiger partial charge on any atom is -0.395 e. The highest BCUT2D eigenvalue weighted by molar-refractivity contribution is 7.86. The number of nitrogens with zero attached hydrogens (tertiary/aromatic N) is 2. The fourth-order valence-corrected chi connectivity index (χ4v) is 4.27. The van der Waals surface area contributed by atoms with Crippen molar-refractivity contribution < 1.29 is 13.5 Å². The van der Waals surface area contributed by atoms with Crippen LogP contribution in [-0.4, -0.2) is 54.4 Å². The van der Waals surface area contributed by atoms with E-state index in [2.05, 4.69) is 6.92 Å². The third-order valence-electron chi connectivity index (χ3n) is 3.52. The van der Waals surface area contributed by atoms with Gasteiger partial charge in [0.05, 0.1) is 6.61 Å². The van der Waals surface area contributed by atoms with E-state index in [1.807, 2.05) is 6.92 Å². The topological polar surface area (TPSA) is 60.9 Å². The Kier molecular flexibility index (Phi) is 6.55. The van der Waals surface area contributed by atoms with Crippen LogP contribution < -0.4 is 0 Å². The Bertz CT molecular complexity index is 332. The van der Waals surface area contributed by atoms with Crippen molar-refractivity contribution in [1.29, 1.82) is 0 Å². The lowest BCUT2D eigenvalue weighted by Gasteiger charge is -2.36. The number of unbranched alkanes of at least 4 members (excludes halogenated alkanes) is 1. The average molecular weight is 278 g/mol. The van der Waals surface area contributed by atoms with Crippen molar-refractivity contribution in [3.63, 3.8) is 0 Å². The molecule has 0 amide bonds. The van der Waals surface area contributed by atoms with Gasteiger partial charge in [-0.15, -0.1) is 0 Å². The number of rotatable bonds is 7. The minimum atomic E-state index is -3.40. The molecule has 1 atom stereocenters. The molecular formula is C12H26N2O3S. The largest absolute Gasteiger partial charge is 0.395 e. The predicted octanol–water partition coefficient (Wildman–Crippen LogP) is 1.20. The zero-order valence-electron chi connectivity index (χ0n) is 11.5. The van der Waals surface area contributed by atoms with Gasteiger partial charge >= 0.3 is 0 Å². The Hall–Kier alpha value is -0.170. The lowest BCUT2D eigenvalue weighted by Crippen LogP contribution is -2.52. The summed E-state index contributed by atoms with van der Waals surface area (Å²) in [4.78, 5) is 0. The average Bonchev–Trinajstić information content (AvgIpc) is 2.39. The van der Waals surface area contributed by atoms with Crippen LogP contribution in [0.5, 0.6) is 0 Å². The molecule has 1 fully saturated rings. The third-order valence-corrected chi connectivity index (χ3v) is 5.69. The summed E-state index contributed by atoms with van der Waals surface area (Å²) >= 11 is 0. The van der Waals surface area contributed by atoms with E-state index in [1.165, 1.54) is 8.61 Å². The highest BCUT2D eigenvalue weighted by Crippen LogP contribution is 2.22. The van der Waals surface area contributed by atoms with Crippen molar-refractivity contribution in [2.75, 3.05) is 26.2 Å². The van der Waals surface area contributed by atoms with Gasteiger partial charge in [-0.2, -0.15) is 17.0 Å². The summed E-state index contributed by atoms with van der Waals surface area (Å²) in [6.45, 7) is 5.45. The van der Waals surface area contributed by atoms with Crippen molar-refractivity contribution in [3.05, 3.63) is 0 Å². The van der Waals surface area contributed by atoms with Gasteiger partial charge in [-0.1, -0.05) is 26.7 Å². The van der Waals surface area contributed by atoms with Crippen LogP contribution in [0.25, 0.3) is 0 Å². The van der Waals surface area contributed by atoms with E-state index in [-0.39, 0.29) is 12.6 Å². The normalized spacial score (nSPS) is 22.6. The van der Waals surface area contributed by atoms with Gasteiger partial charge < -0.3 is 5.11 Å². The summed E-state index contributed by atoms with van der Waals surface area (Å²) < 4.78 is 28.1. The maximum atomic E-state index is 12.5. The molecule has 1 aliphatic heterocycles. The molecule has 0 aliphatic carbocycles. The monoisotopic (exact) mass is 278 g/mol. The highest BCUT2D eigenvalue weighted by atomic mass is 32.2. The Morgan fingerprint density at radius 3 is 2.61 bits per heavy atom. The molecule has 6 heteroatoms. The zero-order valence-corrected chi connectivity index (χ0v) is 12.3. The van der Waals surface area contributed by atoms with Crippen LogP contribution in [0.2, 0.25) is 0 Å². The van der Waals surface area contributed by atoms with Crippen molar-refractivity contribution in [1.82, 2.24) is 8.61 Å². The van der Waals surface area contributed by atoms with E-state index < -0.39 is 10.2 Å². The van der Waals surface area contributed by atoms with E-state index in [9.17, 15) is 13.5 Å². The molecule has 1 rings (SSSR count). The second kappa shape index (κ2) is 7.43. The Morgan fingerprint density at radius 1 is 1.33 bits per heavy atom. The van der Waals surface area contributed by atoms with Gasteiger partial charge in [0.25, 0.3) is 10.2 Å². The quantitative estimate of drug-likeness (QED) is 0.761. The van der Waals surface area contributed by atoms with E-state index in [0.717, 1.165) is 32.1 Å². The predicted molar refractivity (Wildman–Crippen MR) is 72.5 cm³/mol. The number of aliphatic hydroxyl groups is 1. The molecule has 18 heavy (non-hydrogen) atoms. The standard InChI is InChI=1S/C12H26N2O3S/c1-3-5-9-13(4-2)18(16,17)14-10-7-6-8-12(14)11-15/h12,15H,3-11H2,1-2H3. The van der Waals surface area contributed by atoms with Crippen LogP contribution in [0, 0.1) is 0 Å². The van der Waals surface area contributed by atoms with E-state index in [4.69, 9.17) is 0 Å². The number of piperidine rings is 1. The molecular weight excluding hydrogens is 252 g/mol. The van der Waals surface area contributed by atoms with E-state index >= 15 is 0 Å². The van der Waals surface area contributed by atoms with Gasteiger partial charge in [-0.05, 0) is 19.3 Å². The van der Waals surface area contributed by atoms with Gasteiger partial charge in [-0.3, -0.25) is 0 Å². The molecule has 0 bridgehead atoms. The molecule has 0 radical (unpaired) electrons. The Morgan fingerprint density at radius 2 is 2.06 bits per heavy atom. The molecule has 108 valence electrons. The van der Waals surface area contributed by atoms with Crippen molar-refractivity contribution in [3.8, 4) is 0 Å². The summed E-state index contributed by atoms with van der Waals surface area (Å²) in [6, 6.07) is -0.237. The lowest BCUT2D eigenvalue weighted by molar-refractivity contribution is 0.148. The number of hydrogen-bond acceptors (Lipinski definition) is 3. The molecule has 1 heterocycles. The molecule has 0 aromatic rings. The SMILES string of the molecule is CCCCN(CC)S(=O)(=O)N1CCCCC1CO. The van der Waals surface area contributed by atoms with E-state index in [0.29, 0.717) is 19.6 Å². The fourth-order valence-electron chi connectivity index (χ4n) is 2.38. The first-order valence-corrected chi connectivity index (χ1v) is 8.35. The van der Waals surface area contributed by atoms with Crippen LogP contribution >= 0.6 is 0 Å². The van der Waals surface area contributed by atoms with Gasteiger partial charge in [0.15, 0.2) is 0 Å². The van der Waals surface area contributed by atoms with Crippen LogP contribution in [0.1, 0.15) is 46.0 Å². The first-order chi connectivity index (χ1) is 8.57. The summed E-state index contributed by atoms with van der Waals surface area (Å²) in [5.41, 5.74) is 0. The van der Waals surface area contributed by atoms with Gasteiger partial charge in [0.1, 0.15) is 0 Å². The Labute approximate surface area is 111 Å². The molecule has 1 saturated heterocycles. The number of aliphatic hydroxyl groups excluding tert-OH is 1. The second-order valence-corrected chi connectivity index (χ2v) is 6.68. The van der Waals surface area contributed by atoms with Gasteiger partial charge in [0, 0.05) is 25.7 Å². The Balaban J connectivity index is 2.81.